The van der Waals surface area contributed by atoms with Gasteiger partial charge in [0.25, 0.3) is 0 Å². The minimum Gasteiger partial charge on any atom is -0.317 e. The van der Waals surface area contributed by atoms with Crippen LogP contribution in [0.4, 0.5) is 0 Å². The van der Waals surface area contributed by atoms with E-state index in [1.807, 2.05) is 0 Å². The molecule has 0 aliphatic carbocycles. The maximum absolute atomic E-state index is 7.34. The highest BCUT2D eigenvalue weighted by molar-refractivity contribution is 4.54. The van der Waals surface area contributed by atoms with Gasteiger partial charge >= 0.3 is 0 Å². The Morgan fingerprint density at radius 2 is 1.57 bits per heavy atom. The molecule has 1 aliphatic heterocycles. The molecule has 0 radical (unpaired) electrons. The van der Waals surface area contributed by atoms with E-state index in [0.717, 1.165) is 12.8 Å². The number of hydrogen-bond acceptors (Lipinski definition) is 1. The standard InChI is InChI=1S/C6H13N/c1-2-4-6-7-5-3-1/h7H,1-6H2/i5D2,6D2. The van der Waals surface area contributed by atoms with Gasteiger partial charge < -0.3 is 5.32 Å². The van der Waals surface area contributed by atoms with E-state index in [9.17, 15) is 0 Å². The maximum Gasteiger partial charge on any atom is 0.0428 e. The van der Waals surface area contributed by atoms with Gasteiger partial charge in [-0.1, -0.05) is 12.8 Å². The summed E-state index contributed by atoms with van der Waals surface area (Å²) in [6.07, 6.45) is 2.35. The van der Waals surface area contributed by atoms with Gasteiger partial charge in [-0.05, 0) is 25.8 Å². The number of hydrogen-bond donors (Lipinski definition) is 1. The second kappa shape index (κ2) is 3.03. The summed E-state index contributed by atoms with van der Waals surface area (Å²) < 4.78 is 29.3. The Labute approximate surface area is 50.7 Å². The molecule has 0 unspecified atom stereocenters. The van der Waals surface area contributed by atoms with Crippen LogP contribution in [0.1, 0.15) is 31.2 Å². The molecule has 42 valence electrons. The molecule has 0 aromatic carbocycles. The Morgan fingerprint density at radius 1 is 1.00 bits per heavy atom. The molecular formula is C6H13N. The Bertz CT molecular complexity index is 130. The molecule has 0 aromatic heterocycles. The van der Waals surface area contributed by atoms with Crippen molar-refractivity contribution in [3.05, 3.63) is 0 Å². The largest absolute Gasteiger partial charge is 0.317 e. The molecular weight excluding hydrogens is 86.1 g/mol. The second-order valence-corrected chi connectivity index (χ2v) is 1.69. The van der Waals surface area contributed by atoms with Crippen molar-refractivity contribution >= 4 is 0 Å². The molecule has 0 aromatic rings. The van der Waals surface area contributed by atoms with E-state index in [2.05, 4.69) is 5.32 Å². The maximum atomic E-state index is 7.34. The average molecular weight is 103 g/mol. The summed E-state index contributed by atoms with van der Waals surface area (Å²) in [6.45, 7) is -3.06. The highest BCUT2D eigenvalue weighted by atomic mass is 14.8. The molecule has 1 heterocycles. The number of rotatable bonds is 0. The lowest BCUT2D eigenvalue weighted by Gasteiger charge is -1.91. The summed E-state index contributed by atoms with van der Waals surface area (Å²) in [5.74, 6) is 0. The lowest BCUT2D eigenvalue weighted by molar-refractivity contribution is 0.702. The summed E-state index contributed by atoms with van der Waals surface area (Å²) >= 11 is 0. The molecule has 7 heavy (non-hydrogen) atoms. The normalized spacial score (nSPS) is 46.9. The summed E-state index contributed by atoms with van der Waals surface area (Å²) in [7, 11) is 0. The molecule has 0 amide bonds. The van der Waals surface area contributed by atoms with Gasteiger partial charge in [0.05, 0.1) is 0 Å². The van der Waals surface area contributed by atoms with Crippen molar-refractivity contribution in [1.29, 1.82) is 0 Å². The summed E-state index contributed by atoms with van der Waals surface area (Å²) in [6, 6.07) is 0. The summed E-state index contributed by atoms with van der Waals surface area (Å²) in [4.78, 5) is 0. The lowest BCUT2D eigenvalue weighted by Crippen LogP contribution is -2.12. The molecule has 0 bridgehead atoms. The van der Waals surface area contributed by atoms with Crippen LogP contribution in [0.2, 0.25) is 0 Å². The zero-order valence-corrected chi connectivity index (χ0v) is 4.33. The highest BCUT2D eigenvalue weighted by Crippen LogP contribution is 2.00. The predicted molar refractivity (Wildman–Crippen MR) is 31.3 cm³/mol. The van der Waals surface area contributed by atoms with Gasteiger partial charge in [0.2, 0.25) is 0 Å². The van der Waals surface area contributed by atoms with Crippen molar-refractivity contribution in [2.24, 2.45) is 0 Å². The van der Waals surface area contributed by atoms with E-state index in [4.69, 9.17) is 5.48 Å². The molecule has 0 spiro atoms. The van der Waals surface area contributed by atoms with Gasteiger partial charge in [-0.2, -0.15) is 0 Å². The third-order valence-corrected chi connectivity index (χ3v) is 1.03. The van der Waals surface area contributed by atoms with Crippen molar-refractivity contribution in [2.45, 2.75) is 25.7 Å². The van der Waals surface area contributed by atoms with Crippen LogP contribution in [0.15, 0.2) is 0 Å². The van der Waals surface area contributed by atoms with Crippen LogP contribution in [0.5, 0.6) is 0 Å². The molecule has 1 aliphatic rings. The van der Waals surface area contributed by atoms with Gasteiger partial charge in [-0.3, -0.25) is 0 Å². The van der Waals surface area contributed by atoms with Crippen LogP contribution in [0.25, 0.3) is 0 Å². The van der Waals surface area contributed by atoms with Gasteiger partial charge in [0.1, 0.15) is 0 Å². The van der Waals surface area contributed by atoms with Crippen molar-refractivity contribution in [3.63, 3.8) is 0 Å². The molecule has 1 nitrogen and oxygen atoms in total. The Hall–Kier alpha value is -0.0400. The zero-order valence-electron chi connectivity index (χ0n) is 8.33. The van der Waals surface area contributed by atoms with Crippen LogP contribution in [0.3, 0.4) is 0 Å². The molecule has 1 N–H and O–H groups in total. The first-order valence-corrected chi connectivity index (χ1v) is 2.71. The second-order valence-electron chi connectivity index (χ2n) is 1.69. The topological polar surface area (TPSA) is 12.0 Å². The third kappa shape index (κ3) is 1.93. The fourth-order valence-electron chi connectivity index (χ4n) is 0.614. The lowest BCUT2D eigenvalue weighted by atomic mass is 10.2. The van der Waals surface area contributed by atoms with Crippen molar-refractivity contribution in [3.8, 4) is 0 Å². The van der Waals surface area contributed by atoms with Gasteiger partial charge in [0, 0.05) is 5.48 Å². The van der Waals surface area contributed by atoms with E-state index in [1.54, 1.807) is 0 Å². The Balaban J connectivity index is 2.62. The predicted octanol–water partition coefficient (Wildman–Crippen LogP) is 1.15. The first-order valence-electron chi connectivity index (χ1n) is 4.71. The summed E-state index contributed by atoms with van der Waals surface area (Å²) in [5, 5.41) is 2.36. The molecule has 1 rings (SSSR count). The van der Waals surface area contributed by atoms with Crippen LogP contribution in [-0.2, 0) is 0 Å². The van der Waals surface area contributed by atoms with E-state index in [1.165, 1.54) is 0 Å². The fraction of sp³-hybridized carbons (Fsp3) is 1.00. The van der Waals surface area contributed by atoms with Gasteiger partial charge in [0.15, 0.2) is 0 Å². The van der Waals surface area contributed by atoms with Crippen LogP contribution in [-0.4, -0.2) is 13.0 Å². The number of nitrogens with one attached hydrogen (secondary N) is 1. The molecule has 1 fully saturated rings. The highest BCUT2D eigenvalue weighted by Gasteiger charge is 1.94. The first kappa shape index (κ1) is 2.06. The minimum absolute atomic E-state index is 0.409. The Morgan fingerprint density at radius 3 is 2.14 bits per heavy atom. The van der Waals surface area contributed by atoms with E-state index in [-0.39, 0.29) is 0 Å². The smallest absolute Gasteiger partial charge is 0.0428 e. The average Bonchev–Trinajstić information content (AvgIpc) is 1.86. The van der Waals surface area contributed by atoms with Crippen LogP contribution < -0.4 is 5.32 Å². The zero-order chi connectivity index (χ0) is 8.54. The first-order chi connectivity index (χ1) is 4.91. The SMILES string of the molecule is [2H]C1([2H])CCCCC([2H])([2H])N1. The van der Waals surface area contributed by atoms with Crippen molar-refractivity contribution in [1.82, 2.24) is 5.32 Å². The van der Waals surface area contributed by atoms with Crippen molar-refractivity contribution in [2.75, 3.05) is 13.0 Å². The van der Waals surface area contributed by atoms with Crippen LogP contribution >= 0.6 is 0 Å². The van der Waals surface area contributed by atoms with Gasteiger partial charge in [-0.25, -0.2) is 0 Å². The van der Waals surface area contributed by atoms with E-state index in [0.29, 0.717) is 12.8 Å². The fourth-order valence-corrected chi connectivity index (χ4v) is 0.614. The monoisotopic (exact) mass is 103 g/mol. The summed E-state index contributed by atoms with van der Waals surface area (Å²) in [5.41, 5.74) is 0. The third-order valence-electron chi connectivity index (χ3n) is 1.03. The van der Waals surface area contributed by atoms with Crippen LogP contribution in [0, 0.1) is 0 Å². The Kier molecular flexibility index (Phi) is 0.890. The molecule has 0 saturated carbocycles. The van der Waals surface area contributed by atoms with Gasteiger partial charge in [-0.15, -0.1) is 0 Å². The molecule has 1 heteroatoms. The molecule has 1 saturated heterocycles. The van der Waals surface area contributed by atoms with E-state index >= 15 is 0 Å². The molecule has 0 atom stereocenters. The van der Waals surface area contributed by atoms with E-state index < -0.39 is 13.0 Å². The quantitative estimate of drug-likeness (QED) is 0.485. The van der Waals surface area contributed by atoms with Crippen molar-refractivity contribution < 1.29 is 5.48 Å². The minimum atomic E-state index is -1.53.